The summed E-state index contributed by atoms with van der Waals surface area (Å²) in [5.41, 5.74) is 1.09. The lowest BCUT2D eigenvalue weighted by Crippen LogP contribution is -2.15. The molecule has 0 amide bonds. The maximum atomic E-state index is 6.07. The smallest absolute Gasteiger partial charge is 0.123 e. The summed E-state index contributed by atoms with van der Waals surface area (Å²) in [6, 6.07) is 5.75. The summed E-state index contributed by atoms with van der Waals surface area (Å²) in [4.78, 5) is 4.29. The van der Waals surface area contributed by atoms with E-state index in [1.54, 1.807) is 6.20 Å². The number of nitrogens with one attached hydrogen (secondary N) is 1. The van der Waals surface area contributed by atoms with Crippen LogP contribution < -0.4 is 10.1 Å². The fourth-order valence-electron chi connectivity index (χ4n) is 2.12. The molecule has 1 heterocycles. The first-order valence-electron chi connectivity index (χ1n) is 7.29. The number of hydrogen-bond donors (Lipinski definition) is 1. The van der Waals surface area contributed by atoms with Crippen molar-refractivity contribution in [3.05, 3.63) is 47.0 Å². The van der Waals surface area contributed by atoms with Crippen molar-refractivity contribution in [2.75, 3.05) is 13.2 Å². The van der Waals surface area contributed by atoms with Gasteiger partial charge in [0.15, 0.2) is 0 Å². The van der Waals surface area contributed by atoms with E-state index < -0.39 is 0 Å². The number of hydrogen-bond acceptors (Lipinski definition) is 3. The summed E-state index contributed by atoms with van der Waals surface area (Å²) in [5.74, 6) is 1.91. The van der Waals surface area contributed by atoms with Gasteiger partial charge in [-0.3, -0.25) is 0 Å². The zero-order valence-corrected chi connectivity index (χ0v) is 13.4. The van der Waals surface area contributed by atoms with Crippen LogP contribution in [0.15, 0.2) is 30.6 Å². The molecule has 21 heavy (non-hydrogen) atoms. The van der Waals surface area contributed by atoms with Gasteiger partial charge in [0.1, 0.15) is 11.6 Å². The largest absolute Gasteiger partial charge is 0.493 e. The Hall–Kier alpha value is -1.52. The molecule has 4 nitrogen and oxygen atoms in total. The zero-order chi connectivity index (χ0) is 15.1. The summed E-state index contributed by atoms with van der Waals surface area (Å²) >= 11 is 6.07. The molecule has 0 saturated carbocycles. The van der Waals surface area contributed by atoms with Gasteiger partial charge in [0, 0.05) is 43.0 Å². The van der Waals surface area contributed by atoms with Gasteiger partial charge in [-0.25, -0.2) is 4.98 Å². The van der Waals surface area contributed by atoms with Crippen LogP contribution in [0.1, 0.15) is 24.7 Å². The zero-order valence-electron chi connectivity index (χ0n) is 12.6. The second-order valence-corrected chi connectivity index (χ2v) is 5.42. The Balaban J connectivity index is 1.93. The van der Waals surface area contributed by atoms with Gasteiger partial charge in [0.05, 0.1) is 6.61 Å². The second kappa shape index (κ2) is 8.05. The molecular formula is C16H22ClN3O. The molecule has 0 aliphatic heterocycles. The molecule has 1 aromatic heterocycles. The first-order valence-corrected chi connectivity index (χ1v) is 7.66. The average molecular weight is 308 g/mol. The van der Waals surface area contributed by atoms with Crippen molar-refractivity contribution in [1.29, 1.82) is 0 Å². The van der Waals surface area contributed by atoms with Crippen molar-refractivity contribution >= 4 is 11.6 Å². The van der Waals surface area contributed by atoms with Crippen LogP contribution in [0, 0.1) is 0 Å². The van der Waals surface area contributed by atoms with E-state index in [0.717, 1.165) is 48.1 Å². The molecule has 0 radical (unpaired) electrons. The van der Waals surface area contributed by atoms with E-state index in [-0.39, 0.29) is 0 Å². The Kier molecular flexibility index (Phi) is 6.08. The SMILES string of the molecule is CCCNCc1cc(Cl)ccc1OCCc1nccn1C. The van der Waals surface area contributed by atoms with Crippen LogP contribution in [0.5, 0.6) is 5.75 Å². The first-order chi connectivity index (χ1) is 10.2. The fourth-order valence-corrected chi connectivity index (χ4v) is 2.31. The number of imidazole rings is 1. The standard InChI is InChI=1S/C16H22ClN3O/c1-3-7-18-12-13-11-14(17)4-5-15(13)21-10-6-16-19-8-9-20(16)2/h4-5,8-9,11,18H,3,6-7,10,12H2,1-2H3. The van der Waals surface area contributed by atoms with Gasteiger partial charge in [-0.15, -0.1) is 0 Å². The summed E-state index contributed by atoms with van der Waals surface area (Å²) < 4.78 is 7.91. The van der Waals surface area contributed by atoms with E-state index in [4.69, 9.17) is 16.3 Å². The number of rotatable bonds is 8. The monoisotopic (exact) mass is 307 g/mol. The minimum absolute atomic E-state index is 0.604. The van der Waals surface area contributed by atoms with Gasteiger partial charge in [-0.05, 0) is 31.2 Å². The molecule has 0 spiro atoms. The number of ether oxygens (including phenoxy) is 1. The Labute approximate surface area is 131 Å². The molecule has 0 aliphatic rings. The van der Waals surface area contributed by atoms with Crippen molar-refractivity contribution in [3.63, 3.8) is 0 Å². The Morgan fingerprint density at radius 2 is 2.24 bits per heavy atom. The van der Waals surface area contributed by atoms with E-state index in [1.807, 2.05) is 36.0 Å². The maximum Gasteiger partial charge on any atom is 0.123 e. The van der Waals surface area contributed by atoms with Gasteiger partial charge >= 0.3 is 0 Å². The van der Waals surface area contributed by atoms with Crippen molar-refractivity contribution in [1.82, 2.24) is 14.9 Å². The topological polar surface area (TPSA) is 39.1 Å². The quantitative estimate of drug-likeness (QED) is 0.761. The minimum Gasteiger partial charge on any atom is -0.493 e. The van der Waals surface area contributed by atoms with Gasteiger partial charge in [0.2, 0.25) is 0 Å². The van der Waals surface area contributed by atoms with Crippen LogP contribution in [0.4, 0.5) is 0 Å². The molecule has 0 bridgehead atoms. The van der Waals surface area contributed by atoms with E-state index in [0.29, 0.717) is 6.61 Å². The number of halogens is 1. The molecule has 2 rings (SSSR count). The van der Waals surface area contributed by atoms with Crippen LogP contribution in [0.3, 0.4) is 0 Å². The predicted octanol–water partition coefficient (Wildman–Crippen LogP) is 3.19. The lowest BCUT2D eigenvalue weighted by atomic mass is 10.2. The van der Waals surface area contributed by atoms with Crippen LogP contribution in [0.2, 0.25) is 5.02 Å². The third-order valence-electron chi connectivity index (χ3n) is 3.27. The number of aromatic nitrogens is 2. The second-order valence-electron chi connectivity index (χ2n) is 4.98. The predicted molar refractivity (Wildman–Crippen MR) is 85.9 cm³/mol. The highest BCUT2D eigenvalue weighted by Crippen LogP contribution is 2.23. The average Bonchev–Trinajstić information content (AvgIpc) is 2.87. The number of aryl methyl sites for hydroxylation is 1. The van der Waals surface area contributed by atoms with Crippen molar-refractivity contribution in [3.8, 4) is 5.75 Å². The highest BCUT2D eigenvalue weighted by molar-refractivity contribution is 6.30. The molecule has 114 valence electrons. The van der Waals surface area contributed by atoms with Crippen LogP contribution in [-0.4, -0.2) is 22.7 Å². The summed E-state index contributed by atoms with van der Waals surface area (Å²) in [7, 11) is 1.99. The molecule has 5 heteroatoms. The summed E-state index contributed by atoms with van der Waals surface area (Å²) in [5, 5.41) is 4.11. The molecule has 0 atom stereocenters. The van der Waals surface area contributed by atoms with Crippen molar-refractivity contribution < 1.29 is 4.74 Å². The lowest BCUT2D eigenvalue weighted by molar-refractivity contribution is 0.313. The number of nitrogens with zero attached hydrogens (tertiary/aromatic N) is 2. The molecule has 2 aromatic rings. The lowest BCUT2D eigenvalue weighted by Gasteiger charge is -2.12. The van der Waals surface area contributed by atoms with E-state index in [9.17, 15) is 0 Å². The van der Waals surface area contributed by atoms with E-state index in [2.05, 4.69) is 17.2 Å². The molecule has 1 aromatic carbocycles. The molecule has 0 unspecified atom stereocenters. The molecule has 1 N–H and O–H groups in total. The van der Waals surface area contributed by atoms with Gasteiger partial charge in [-0.1, -0.05) is 18.5 Å². The van der Waals surface area contributed by atoms with Crippen LogP contribution in [0.25, 0.3) is 0 Å². The Bertz CT molecular complexity index is 568. The van der Waals surface area contributed by atoms with Crippen molar-refractivity contribution in [2.24, 2.45) is 7.05 Å². The molecule has 0 saturated heterocycles. The van der Waals surface area contributed by atoms with Gasteiger partial charge < -0.3 is 14.6 Å². The Morgan fingerprint density at radius 1 is 1.38 bits per heavy atom. The summed E-state index contributed by atoms with van der Waals surface area (Å²) in [6.07, 6.45) is 5.64. The molecule has 0 aliphatic carbocycles. The third kappa shape index (κ3) is 4.76. The maximum absolute atomic E-state index is 6.07. The Morgan fingerprint density at radius 3 is 2.95 bits per heavy atom. The highest BCUT2D eigenvalue weighted by Gasteiger charge is 2.06. The van der Waals surface area contributed by atoms with E-state index >= 15 is 0 Å². The minimum atomic E-state index is 0.604. The normalized spacial score (nSPS) is 10.8. The third-order valence-corrected chi connectivity index (χ3v) is 3.50. The summed E-state index contributed by atoms with van der Waals surface area (Å²) in [6.45, 7) is 4.51. The van der Waals surface area contributed by atoms with E-state index in [1.165, 1.54) is 0 Å². The first kappa shape index (κ1) is 15.9. The molecule has 0 fully saturated rings. The van der Waals surface area contributed by atoms with Crippen LogP contribution in [-0.2, 0) is 20.0 Å². The number of benzene rings is 1. The fraction of sp³-hybridized carbons (Fsp3) is 0.438. The highest BCUT2D eigenvalue weighted by atomic mass is 35.5. The van der Waals surface area contributed by atoms with Crippen LogP contribution >= 0.6 is 11.6 Å². The van der Waals surface area contributed by atoms with Crippen molar-refractivity contribution in [2.45, 2.75) is 26.3 Å². The van der Waals surface area contributed by atoms with Gasteiger partial charge in [-0.2, -0.15) is 0 Å². The van der Waals surface area contributed by atoms with Gasteiger partial charge in [0.25, 0.3) is 0 Å². The molecular weight excluding hydrogens is 286 g/mol.